The highest BCUT2D eigenvalue weighted by Crippen LogP contribution is 2.28. The molecular weight excluding hydrogens is 316 g/mol. The number of benzene rings is 1. The van der Waals surface area contributed by atoms with Gasteiger partial charge in [0.25, 0.3) is 0 Å². The quantitative estimate of drug-likeness (QED) is 0.938. The van der Waals surface area contributed by atoms with Crippen LogP contribution in [0.4, 0.5) is 0 Å². The summed E-state index contributed by atoms with van der Waals surface area (Å²) in [6, 6.07) is 5.97. The summed E-state index contributed by atoms with van der Waals surface area (Å²) in [5, 5.41) is 12.0. The van der Waals surface area contributed by atoms with Crippen molar-refractivity contribution < 1.29 is 0 Å². The van der Waals surface area contributed by atoms with E-state index in [1.807, 2.05) is 38.5 Å². The first-order valence-corrected chi connectivity index (χ1v) is 6.74. The zero-order valence-electron chi connectivity index (χ0n) is 10.2. The first-order valence-electron chi connectivity index (χ1n) is 5.57. The molecule has 1 atom stereocenters. The van der Waals surface area contributed by atoms with E-state index in [0.717, 1.165) is 27.2 Å². The highest BCUT2D eigenvalue weighted by Gasteiger charge is 2.15. The van der Waals surface area contributed by atoms with Crippen LogP contribution in [0.2, 0.25) is 5.02 Å². The predicted octanol–water partition coefficient (Wildman–Crippen LogP) is 2.73. The Morgan fingerprint density at radius 1 is 1.50 bits per heavy atom. The van der Waals surface area contributed by atoms with E-state index >= 15 is 0 Å². The minimum absolute atomic E-state index is 0.117. The zero-order valence-corrected chi connectivity index (χ0v) is 12.5. The fourth-order valence-electron chi connectivity index (χ4n) is 1.85. The summed E-state index contributed by atoms with van der Waals surface area (Å²) >= 11 is 9.70. The van der Waals surface area contributed by atoms with E-state index in [0.29, 0.717) is 0 Å². The van der Waals surface area contributed by atoms with Gasteiger partial charge in [-0.2, -0.15) is 0 Å². The SMILES string of the molecule is CNC(Cc1cn(C)nn1)c1cc(Br)ccc1Cl. The molecule has 1 aromatic carbocycles. The lowest BCUT2D eigenvalue weighted by molar-refractivity contribution is 0.583. The second kappa shape index (κ2) is 5.82. The van der Waals surface area contributed by atoms with Crippen molar-refractivity contribution in [2.45, 2.75) is 12.5 Å². The molecule has 0 aliphatic rings. The minimum Gasteiger partial charge on any atom is -0.313 e. The third kappa shape index (κ3) is 3.10. The Morgan fingerprint density at radius 3 is 2.89 bits per heavy atom. The average molecular weight is 330 g/mol. The Bertz CT molecular complexity index is 541. The maximum absolute atomic E-state index is 6.24. The summed E-state index contributed by atoms with van der Waals surface area (Å²) in [5.74, 6) is 0. The second-order valence-electron chi connectivity index (χ2n) is 4.09. The van der Waals surface area contributed by atoms with Crippen molar-refractivity contribution in [2.75, 3.05) is 7.05 Å². The minimum atomic E-state index is 0.117. The van der Waals surface area contributed by atoms with Gasteiger partial charge in [0.2, 0.25) is 0 Å². The Morgan fingerprint density at radius 2 is 2.28 bits per heavy atom. The maximum Gasteiger partial charge on any atom is 0.0845 e. The number of likely N-dealkylation sites (N-methyl/N-ethyl adjacent to an activating group) is 1. The topological polar surface area (TPSA) is 42.7 Å². The molecule has 0 radical (unpaired) electrons. The van der Waals surface area contributed by atoms with Gasteiger partial charge in [-0.1, -0.05) is 32.7 Å². The molecule has 1 N–H and O–H groups in total. The van der Waals surface area contributed by atoms with E-state index in [2.05, 4.69) is 31.6 Å². The smallest absolute Gasteiger partial charge is 0.0845 e. The molecule has 0 fully saturated rings. The number of hydrogen-bond donors (Lipinski definition) is 1. The van der Waals surface area contributed by atoms with Gasteiger partial charge in [0.05, 0.1) is 5.69 Å². The van der Waals surface area contributed by atoms with Crippen LogP contribution in [0.15, 0.2) is 28.9 Å². The molecule has 0 spiro atoms. The van der Waals surface area contributed by atoms with Gasteiger partial charge in [-0.25, -0.2) is 0 Å². The molecule has 0 amide bonds. The van der Waals surface area contributed by atoms with Crippen molar-refractivity contribution in [3.63, 3.8) is 0 Å². The van der Waals surface area contributed by atoms with Crippen LogP contribution in [0, 0.1) is 0 Å². The van der Waals surface area contributed by atoms with Gasteiger partial charge in [0.1, 0.15) is 0 Å². The van der Waals surface area contributed by atoms with Crippen molar-refractivity contribution in [1.82, 2.24) is 20.3 Å². The zero-order chi connectivity index (χ0) is 13.1. The van der Waals surface area contributed by atoms with Crippen molar-refractivity contribution in [3.05, 3.63) is 45.1 Å². The molecule has 0 aliphatic heterocycles. The van der Waals surface area contributed by atoms with Crippen LogP contribution in [-0.2, 0) is 13.5 Å². The van der Waals surface area contributed by atoms with Crippen LogP contribution in [-0.4, -0.2) is 22.0 Å². The van der Waals surface area contributed by atoms with E-state index in [9.17, 15) is 0 Å². The molecule has 2 aromatic rings. The van der Waals surface area contributed by atoms with E-state index in [1.165, 1.54) is 0 Å². The highest BCUT2D eigenvalue weighted by atomic mass is 79.9. The summed E-state index contributed by atoms with van der Waals surface area (Å²) in [7, 11) is 3.77. The third-order valence-electron chi connectivity index (χ3n) is 2.75. The van der Waals surface area contributed by atoms with Crippen molar-refractivity contribution in [2.24, 2.45) is 7.05 Å². The molecule has 0 bridgehead atoms. The molecule has 1 aromatic heterocycles. The average Bonchev–Trinajstić information content (AvgIpc) is 2.75. The standard InChI is InChI=1S/C12H14BrClN4/c1-15-12(6-9-7-18(2)17-16-9)10-5-8(13)3-4-11(10)14/h3-5,7,12,15H,6H2,1-2H3. The van der Waals surface area contributed by atoms with Crippen molar-refractivity contribution in [1.29, 1.82) is 0 Å². The first kappa shape index (κ1) is 13.5. The van der Waals surface area contributed by atoms with Gasteiger partial charge >= 0.3 is 0 Å². The summed E-state index contributed by atoms with van der Waals surface area (Å²) in [5.41, 5.74) is 1.99. The van der Waals surface area contributed by atoms with Crippen molar-refractivity contribution >= 4 is 27.5 Å². The number of nitrogens with zero attached hydrogens (tertiary/aromatic N) is 3. The molecule has 0 aliphatic carbocycles. The molecule has 1 unspecified atom stereocenters. The second-order valence-corrected chi connectivity index (χ2v) is 5.42. The molecular formula is C12H14BrClN4. The molecule has 2 rings (SSSR count). The van der Waals surface area contributed by atoms with Gasteiger partial charge in [0, 0.05) is 35.2 Å². The van der Waals surface area contributed by atoms with Gasteiger partial charge in [0.15, 0.2) is 0 Å². The number of nitrogens with one attached hydrogen (secondary N) is 1. The summed E-state index contributed by atoms with van der Waals surface area (Å²) in [6.45, 7) is 0. The Labute approximate surface area is 119 Å². The summed E-state index contributed by atoms with van der Waals surface area (Å²) in [4.78, 5) is 0. The van der Waals surface area contributed by atoms with E-state index in [1.54, 1.807) is 4.68 Å². The Hall–Kier alpha value is -0.910. The molecule has 0 saturated carbocycles. The van der Waals surface area contributed by atoms with Crippen LogP contribution in [0.3, 0.4) is 0 Å². The van der Waals surface area contributed by atoms with Gasteiger partial charge in [-0.3, -0.25) is 4.68 Å². The summed E-state index contributed by atoms with van der Waals surface area (Å²) < 4.78 is 2.71. The molecule has 6 heteroatoms. The number of hydrogen-bond acceptors (Lipinski definition) is 3. The van der Waals surface area contributed by atoms with Gasteiger partial charge in [-0.05, 0) is 30.8 Å². The normalized spacial score (nSPS) is 12.7. The fraction of sp³-hybridized carbons (Fsp3) is 0.333. The van der Waals surface area contributed by atoms with Crippen LogP contribution < -0.4 is 5.32 Å². The molecule has 1 heterocycles. The number of rotatable bonds is 4. The fourth-order valence-corrected chi connectivity index (χ4v) is 2.48. The lowest BCUT2D eigenvalue weighted by Crippen LogP contribution is -2.19. The lowest BCUT2D eigenvalue weighted by atomic mass is 10.0. The highest BCUT2D eigenvalue weighted by molar-refractivity contribution is 9.10. The van der Waals surface area contributed by atoms with Crippen LogP contribution in [0.5, 0.6) is 0 Å². The van der Waals surface area contributed by atoms with E-state index < -0.39 is 0 Å². The van der Waals surface area contributed by atoms with Gasteiger partial charge < -0.3 is 5.32 Å². The third-order valence-corrected chi connectivity index (χ3v) is 3.58. The monoisotopic (exact) mass is 328 g/mol. The van der Waals surface area contributed by atoms with Gasteiger partial charge in [-0.15, -0.1) is 5.10 Å². The molecule has 18 heavy (non-hydrogen) atoms. The Kier molecular flexibility index (Phi) is 4.37. The number of aryl methyl sites for hydroxylation is 1. The van der Waals surface area contributed by atoms with Crippen LogP contribution in [0.25, 0.3) is 0 Å². The summed E-state index contributed by atoms with van der Waals surface area (Å²) in [6.07, 6.45) is 2.66. The molecule has 4 nitrogen and oxygen atoms in total. The van der Waals surface area contributed by atoms with Crippen molar-refractivity contribution in [3.8, 4) is 0 Å². The largest absolute Gasteiger partial charge is 0.313 e. The number of aromatic nitrogens is 3. The lowest BCUT2D eigenvalue weighted by Gasteiger charge is -2.17. The number of halogens is 2. The molecule has 96 valence electrons. The molecule has 0 saturated heterocycles. The van der Waals surface area contributed by atoms with E-state index in [4.69, 9.17) is 11.6 Å². The predicted molar refractivity (Wildman–Crippen MR) is 75.7 cm³/mol. The Balaban J connectivity index is 2.25. The first-order chi connectivity index (χ1) is 8.60. The van der Waals surface area contributed by atoms with E-state index in [-0.39, 0.29) is 6.04 Å². The van der Waals surface area contributed by atoms with Crippen LogP contribution in [0.1, 0.15) is 17.3 Å². The van der Waals surface area contributed by atoms with Crippen LogP contribution >= 0.6 is 27.5 Å². The maximum atomic E-state index is 6.24.